The molecule has 1 amide bonds. The molecule has 0 atom stereocenters. The average molecular weight is 483 g/mol. The minimum absolute atomic E-state index is 0.00535. The second-order valence-corrected chi connectivity index (χ2v) is 9.11. The molecule has 33 heavy (non-hydrogen) atoms. The van der Waals surface area contributed by atoms with Gasteiger partial charge in [0.2, 0.25) is 17.6 Å². The molecule has 0 bridgehead atoms. The quantitative estimate of drug-likeness (QED) is 0.232. The Morgan fingerprint density at radius 1 is 1.24 bits per heavy atom. The number of aromatic amines is 1. The van der Waals surface area contributed by atoms with E-state index in [9.17, 15) is 4.79 Å². The van der Waals surface area contributed by atoms with Crippen LogP contribution in [0.1, 0.15) is 37.1 Å². The Hall–Kier alpha value is -3.11. The fourth-order valence-electron chi connectivity index (χ4n) is 3.50. The van der Waals surface area contributed by atoms with Crippen molar-refractivity contribution in [2.75, 3.05) is 6.54 Å². The van der Waals surface area contributed by atoms with Crippen molar-refractivity contribution in [3.05, 3.63) is 58.0 Å². The van der Waals surface area contributed by atoms with E-state index in [1.807, 2.05) is 47.2 Å². The Labute approximate surface area is 201 Å². The Bertz CT molecular complexity index is 1240. The number of aryl methyl sites for hydroxylation is 2. The molecule has 4 aromatic rings. The van der Waals surface area contributed by atoms with E-state index < -0.39 is 0 Å². The maximum Gasteiger partial charge on any atom is 0.226 e. The van der Waals surface area contributed by atoms with Crippen molar-refractivity contribution < 1.29 is 9.32 Å². The normalized spacial score (nSPS) is 11.1. The van der Waals surface area contributed by atoms with Crippen LogP contribution in [0, 0.1) is 11.7 Å². The van der Waals surface area contributed by atoms with Crippen LogP contribution in [0.2, 0.25) is 0 Å². The highest BCUT2D eigenvalue weighted by Gasteiger charge is 2.11. The van der Waals surface area contributed by atoms with Crippen molar-refractivity contribution in [3.8, 4) is 22.1 Å². The number of nitrogens with zero attached hydrogens (tertiary/aromatic N) is 4. The predicted octanol–water partition coefficient (Wildman–Crippen LogP) is 4.95. The molecule has 10 heteroatoms. The van der Waals surface area contributed by atoms with Crippen molar-refractivity contribution in [1.82, 2.24) is 30.2 Å². The van der Waals surface area contributed by atoms with Gasteiger partial charge in [-0.3, -0.25) is 14.5 Å². The molecule has 0 spiro atoms. The lowest BCUT2D eigenvalue weighted by Gasteiger charge is -2.08. The number of amides is 1. The summed E-state index contributed by atoms with van der Waals surface area (Å²) in [5, 5.41) is 16.2. The van der Waals surface area contributed by atoms with Crippen LogP contribution in [0.3, 0.4) is 0 Å². The summed E-state index contributed by atoms with van der Waals surface area (Å²) < 4.78 is 7.71. The van der Waals surface area contributed by atoms with Gasteiger partial charge in [-0.1, -0.05) is 41.4 Å². The second-order valence-electron chi connectivity index (χ2n) is 7.77. The summed E-state index contributed by atoms with van der Waals surface area (Å²) in [6, 6.07) is 12.0. The number of H-pyrrole nitrogens is 1. The third kappa shape index (κ3) is 6.23. The molecular weight excluding hydrogens is 456 g/mol. The Morgan fingerprint density at radius 3 is 2.97 bits per heavy atom. The van der Waals surface area contributed by atoms with Gasteiger partial charge in [0.05, 0.1) is 4.88 Å². The van der Waals surface area contributed by atoms with E-state index in [2.05, 4.69) is 31.7 Å². The summed E-state index contributed by atoms with van der Waals surface area (Å²) in [7, 11) is 0. The van der Waals surface area contributed by atoms with Crippen molar-refractivity contribution in [2.24, 2.45) is 0 Å². The first-order valence-corrected chi connectivity index (χ1v) is 12.2. The van der Waals surface area contributed by atoms with E-state index in [0.29, 0.717) is 36.0 Å². The van der Waals surface area contributed by atoms with E-state index in [1.54, 1.807) is 11.3 Å². The lowest BCUT2D eigenvalue weighted by atomic mass is 10.1. The number of rotatable bonds is 11. The van der Waals surface area contributed by atoms with Gasteiger partial charge in [-0.25, -0.2) is 0 Å². The smallest absolute Gasteiger partial charge is 0.226 e. The van der Waals surface area contributed by atoms with Gasteiger partial charge in [-0.05, 0) is 49.5 Å². The molecule has 0 saturated heterocycles. The van der Waals surface area contributed by atoms with E-state index in [4.69, 9.17) is 16.7 Å². The van der Waals surface area contributed by atoms with Crippen LogP contribution in [0.15, 0.2) is 46.3 Å². The zero-order valence-corrected chi connectivity index (χ0v) is 20.0. The first kappa shape index (κ1) is 23.1. The van der Waals surface area contributed by atoms with Crippen LogP contribution < -0.4 is 5.32 Å². The monoisotopic (exact) mass is 482 g/mol. The highest BCUT2D eigenvalue weighted by Crippen LogP contribution is 2.22. The Morgan fingerprint density at radius 2 is 2.15 bits per heavy atom. The number of aromatic nitrogens is 5. The fourth-order valence-corrected chi connectivity index (χ4v) is 4.37. The largest absolute Gasteiger partial charge is 0.356 e. The third-order valence-corrected chi connectivity index (χ3v) is 6.37. The van der Waals surface area contributed by atoms with Gasteiger partial charge in [0.15, 0.2) is 10.6 Å². The minimum atomic E-state index is 0.00535. The number of hydrogen-bond donors (Lipinski definition) is 2. The van der Waals surface area contributed by atoms with E-state index in [-0.39, 0.29) is 5.91 Å². The molecule has 172 valence electrons. The summed E-state index contributed by atoms with van der Waals surface area (Å²) in [6.45, 7) is 3.16. The summed E-state index contributed by atoms with van der Waals surface area (Å²) in [4.78, 5) is 17.7. The van der Waals surface area contributed by atoms with Crippen molar-refractivity contribution in [2.45, 2.75) is 45.6 Å². The average Bonchev–Trinajstić information content (AvgIpc) is 3.56. The summed E-state index contributed by atoms with van der Waals surface area (Å²) in [5.41, 5.74) is 2.12. The van der Waals surface area contributed by atoms with E-state index >= 15 is 0 Å². The molecule has 0 aliphatic heterocycles. The van der Waals surface area contributed by atoms with Crippen molar-refractivity contribution >= 4 is 29.5 Å². The van der Waals surface area contributed by atoms with Crippen LogP contribution in [0.5, 0.6) is 0 Å². The predicted molar refractivity (Wildman–Crippen MR) is 130 cm³/mol. The number of unbranched alkanes of at least 4 members (excludes halogenated alkanes) is 2. The molecular formula is C23H26N6O2S2. The molecule has 4 rings (SSSR count). The number of carbonyl (C=O) groups excluding carboxylic acids is 1. The van der Waals surface area contributed by atoms with Gasteiger partial charge in [0.1, 0.15) is 0 Å². The van der Waals surface area contributed by atoms with Crippen LogP contribution in [0.4, 0.5) is 0 Å². The van der Waals surface area contributed by atoms with Gasteiger partial charge in [0.25, 0.3) is 0 Å². The van der Waals surface area contributed by atoms with Gasteiger partial charge < -0.3 is 9.84 Å². The summed E-state index contributed by atoms with van der Waals surface area (Å²) in [6.07, 6.45) is 3.90. The molecule has 0 aliphatic rings. The van der Waals surface area contributed by atoms with Gasteiger partial charge in [0, 0.05) is 31.5 Å². The molecule has 2 N–H and O–H groups in total. The number of hydrogen-bond acceptors (Lipinski definition) is 7. The topological polar surface area (TPSA) is 102 Å². The van der Waals surface area contributed by atoms with Crippen molar-refractivity contribution in [1.29, 1.82) is 0 Å². The van der Waals surface area contributed by atoms with Crippen molar-refractivity contribution in [3.63, 3.8) is 0 Å². The zero-order valence-electron chi connectivity index (χ0n) is 18.4. The molecule has 0 fully saturated rings. The molecule has 0 unspecified atom stereocenters. The third-order valence-electron chi connectivity index (χ3n) is 5.20. The van der Waals surface area contributed by atoms with Gasteiger partial charge in [-0.15, -0.1) is 11.3 Å². The van der Waals surface area contributed by atoms with Crippen LogP contribution in [0.25, 0.3) is 22.1 Å². The van der Waals surface area contributed by atoms with Crippen LogP contribution in [-0.2, 0) is 17.8 Å². The van der Waals surface area contributed by atoms with E-state index in [1.165, 1.54) is 0 Å². The zero-order chi connectivity index (χ0) is 23.0. The molecule has 3 heterocycles. The lowest BCUT2D eigenvalue weighted by molar-refractivity contribution is -0.121. The first-order valence-electron chi connectivity index (χ1n) is 11.0. The highest BCUT2D eigenvalue weighted by molar-refractivity contribution is 7.71. The number of thiophene rings is 1. The molecule has 0 radical (unpaired) electrons. The standard InChI is InChI=1S/C23H26N6O2S2/c1-16-7-5-8-17(15-16)22-26-27-23(32)29(22)13-11-19(30)24-12-4-2-3-10-20-25-21(28-31-20)18-9-6-14-33-18/h5-9,14-15H,2-4,10-13H2,1H3,(H,24,30)(H,27,32). The highest BCUT2D eigenvalue weighted by atomic mass is 32.1. The number of carbonyl (C=O) groups is 1. The molecule has 1 aromatic carbocycles. The second kappa shape index (κ2) is 11.2. The van der Waals surface area contributed by atoms with E-state index in [0.717, 1.165) is 47.5 Å². The minimum Gasteiger partial charge on any atom is -0.356 e. The molecule has 3 aromatic heterocycles. The first-order chi connectivity index (χ1) is 16.1. The Kier molecular flexibility index (Phi) is 7.79. The Balaban J connectivity index is 1.15. The molecule has 0 saturated carbocycles. The SMILES string of the molecule is Cc1cccc(-c2n[nH]c(=S)n2CCC(=O)NCCCCCc2nc(-c3cccs3)no2)c1. The number of nitrogens with one attached hydrogen (secondary N) is 2. The van der Waals surface area contributed by atoms with Crippen LogP contribution in [-0.4, -0.2) is 37.4 Å². The fraction of sp³-hybridized carbons (Fsp3) is 0.348. The number of benzene rings is 1. The lowest BCUT2D eigenvalue weighted by Crippen LogP contribution is -2.25. The van der Waals surface area contributed by atoms with Crippen LogP contribution >= 0.6 is 23.6 Å². The molecule has 0 aliphatic carbocycles. The van der Waals surface area contributed by atoms with Gasteiger partial charge in [-0.2, -0.15) is 10.1 Å². The summed E-state index contributed by atoms with van der Waals surface area (Å²) in [5.74, 6) is 2.06. The maximum atomic E-state index is 12.3. The summed E-state index contributed by atoms with van der Waals surface area (Å²) >= 11 is 6.95. The molecule has 8 nitrogen and oxygen atoms in total. The van der Waals surface area contributed by atoms with Gasteiger partial charge >= 0.3 is 0 Å². The maximum absolute atomic E-state index is 12.3.